The van der Waals surface area contributed by atoms with Gasteiger partial charge in [0, 0.05) is 18.4 Å². The number of aromatic nitrogens is 2. The number of amides is 2. The molecule has 1 saturated heterocycles. The first-order chi connectivity index (χ1) is 14.4. The minimum absolute atomic E-state index is 0.167. The van der Waals surface area contributed by atoms with E-state index in [1.807, 2.05) is 31.2 Å². The maximum Gasteiger partial charge on any atom is 0.338 e. The molecule has 0 bridgehead atoms. The Morgan fingerprint density at radius 2 is 1.77 bits per heavy atom. The summed E-state index contributed by atoms with van der Waals surface area (Å²) >= 11 is 0. The lowest BCUT2D eigenvalue weighted by molar-refractivity contribution is -0.121. The van der Waals surface area contributed by atoms with Gasteiger partial charge in [0.25, 0.3) is 5.89 Å². The normalized spacial score (nSPS) is 14.8. The lowest BCUT2D eigenvalue weighted by Crippen LogP contribution is -2.28. The number of carbonyl (C=O) groups excluding carboxylic acids is 3. The standard InChI is InChI=1S/C22H19N3O5/c1-13-6-8-15(9-7-13)21-24-23-20(30-21)14(2)29-22(28)16-4-3-5-17(12-16)25-18(26)10-11-19(25)27/h3-9,12,14H,10-11H2,1-2H3. The number of hydrogen-bond acceptors (Lipinski definition) is 7. The van der Waals surface area contributed by atoms with Crippen LogP contribution in [0.4, 0.5) is 5.69 Å². The fourth-order valence-corrected chi connectivity index (χ4v) is 3.13. The first kappa shape index (κ1) is 19.5. The van der Waals surface area contributed by atoms with Crippen molar-refractivity contribution in [3.63, 3.8) is 0 Å². The molecule has 2 amide bonds. The number of rotatable bonds is 5. The van der Waals surface area contributed by atoms with Gasteiger partial charge in [0.1, 0.15) is 0 Å². The maximum absolute atomic E-state index is 12.6. The third-order valence-electron chi connectivity index (χ3n) is 4.76. The Hall–Kier alpha value is -3.81. The van der Waals surface area contributed by atoms with Gasteiger partial charge < -0.3 is 9.15 Å². The SMILES string of the molecule is Cc1ccc(-c2nnc(C(C)OC(=O)c3cccc(N4C(=O)CCC4=O)c3)o2)cc1. The van der Waals surface area contributed by atoms with E-state index >= 15 is 0 Å². The van der Waals surface area contributed by atoms with E-state index in [4.69, 9.17) is 9.15 Å². The quantitative estimate of drug-likeness (QED) is 0.472. The topological polar surface area (TPSA) is 103 Å². The van der Waals surface area contributed by atoms with E-state index in [9.17, 15) is 14.4 Å². The first-order valence-corrected chi connectivity index (χ1v) is 9.49. The summed E-state index contributed by atoms with van der Waals surface area (Å²) in [7, 11) is 0. The smallest absolute Gasteiger partial charge is 0.338 e. The van der Waals surface area contributed by atoms with Crippen molar-refractivity contribution >= 4 is 23.5 Å². The summed E-state index contributed by atoms with van der Waals surface area (Å²) in [5, 5.41) is 7.98. The van der Waals surface area contributed by atoms with Gasteiger partial charge in [0.2, 0.25) is 17.7 Å². The second-order valence-electron chi connectivity index (χ2n) is 7.03. The van der Waals surface area contributed by atoms with E-state index in [2.05, 4.69) is 10.2 Å². The highest BCUT2D eigenvalue weighted by atomic mass is 16.6. The lowest BCUT2D eigenvalue weighted by Gasteiger charge is -2.15. The Labute approximate surface area is 172 Å². The average Bonchev–Trinajstić information content (AvgIpc) is 3.35. The fraction of sp³-hybridized carbons (Fsp3) is 0.227. The molecule has 2 heterocycles. The molecule has 8 nitrogen and oxygen atoms in total. The van der Waals surface area contributed by atoms with Gasteiger partial charge in [-0.3, -0.25) is 14.5 Å². The van der Waals surface area contributed by atoms with Crippen molar-refractivity contribution in [2.75, 3.05) is 4.90 Å². The van der Waals surface area contributed by atoms with Crippen molar-refractivity contribution in [1.29, 1.82) is 0 Å². The minimum Gasteiger partial charge on any atom is -0.449 e. The summed E-state index contributed by atoms with van der Waals surface area (Å²) in [5.41, 5.74) is 2.44. The summed E-state index contributed by atoms with van der Waals surface area (Å²) in [5.74, 6) is -0.693. The zero-order valence-corrected chi connectivity index (χ0v) is 16.5. The highest BCUT2D eigenvalue weighted by Crippen LogP contribution is 2.26. The Kier molecular flexibility index (Phi) is 5.14. The van der Waals surface area contributed by atoms with E-state index in [0.29, 0.717) is 11.6 Å². The predicted octanol–water partition coefficient (Wildman–Crippen LogP) is 3.62. The van der Waals surface area contributed by atoms with Crippen molar-refractivity contribution in [3.8, 4) is 11.5 Å². The van der Waals surface area contributed by atoms with Crippen LogP contribution in [0.5, 0.6) is 0 Å². The molecule has 3 aromatic rings. The van der Waals surface area contributed by atoms with Gasteiger partial charge in [0.05, 0.1) is 11.3 Å². The molecule has 8 heteroatoms. The van der Waals surface area contributed by atoms with E-state index < -0.39 is 12.1 Å². The van der Waals surface area contributed by atoms with Gasteiger partial charge in [-0.2, -0.15) is 0 Å². The van der Waals surface area contributed by atoms with Gasteiger partial charge in [-0.05, 0) is 44.2 Å². The molecule has 2 aromatic carbocycles. The third kappa shape index (κ3) is 3.84. The molecule has 1 aromatic heterocycles. The van der Waals surface area contributed by atoms with Crippen LogP contribution >= 0.6 is 0 Å². The number of hydrogen-bond donors (Lipinski definition) is 0. The van der Waals surface area contributed by atoms with Crippen molar-refractivity contribution in [2.45, 2.75) is 32.8 Å². The number of imide groups is 1. The van der Waals surface area contributed by atoms with Gasteiger partial charge >= 0.3 is 5.97 Å². The number of nitrogens with zero attached hydrogens (tertiary/aromatic N) is 3. The van der Waals surface area contributed by atoms with Crippen LogP contribution in [0.3, 0.4) is 0 Å². The highest BCUT2D eigenvalue weighted by molar-refractivity contribution is 6.20. The van der Waals surface area contributed by atoms with Crippen molar-refractivity contribution < 1.29 is 23.5 Å². The Balaban J connectivity index is 1.48. The summed E-state index contributed by atoms with van der Waals surface area (Å²) in [6, 6.07) is 13.8. The Bertz CT molecular complexity index is 1100. The van der Waals surface area contributed by atoms with Crippen LogP contribution < -0.4 is 4.90 Å². The zero-order chi connectivity index (χ0) is 21.3. The second-order valence-corrected chi connectivity index (χ2v) is 7.03. The number of benzene rings is 2. The molecular formula is C22H19N3O5. The minimum atomic E-state index is -0.775. The molecule has 0 radical (unpaired) electrons. The van der Waals surface area contributed by atoms with Gasteiger partial charge in [-0.1, -0.05) is 23.8 Å². The largest absolute Gasteiger partial charge is 0.449 e. The molecule has 1 unspecified atom stereocenters. The van der Waals surface area contributed by atoms with Gasteiger partial charge in [-0.25, -0.2) is 4.79 Å². The van der Waals surface area contributed by atoms with Gasteiger partial charge in [0.15, 0.2) is 6.10 Å². The van der Waals surface area contributed by atoms with Gasteiger partial charge in [-0.15, -0.1) is 10.2 Å². The van der Waals surface area contributed by atoms with Crippen molar-refractivity contribution in [1.82, 2.24) is 10.2 Å². The molecule has 152 valence electrons. The van der Waals surface area contributed by atoms with E-state index in [-0.39, 0.29) is 36.1 Å². The number of esters is 1. The lowest BCUT2D eigenvalue weighted by atomic mass is 10.1. The highest BCUT2D eigenvalue weighted by Gasteiger charge is 2.30. The zero-order valence-electron chi connectivity index (χ0n) is 16.5. The number of carbonyl (C=O) groups is 3. The van der Waals surface area contributed by atoms with E-state index in [1.165, 1.54) is 6.07 Å². The molecule has 1 aliphatic rings. The number of aryl methyl sites for hydroxylation is 1. The molecule has 1 aliphatic heterocycles. The third-order valence-corrected chi connectivity index (χ3v) is 4.76. The molecule has 0 saturated carbocycles. The molecule has 4 rings (SSSR count). The first-order valence-electron chi connectivity index (χ1n) is 9.49. The van der Waals surface area contributed by atoms with Crippen LogP contribution in [0.25, 0.3) is 11.5 Å². The second kappa shape index (κ2) is 7.90. The van der Waals surface area contributed by atoms with Crippen LogP contribution in [0, 0.1) is 6.92 Å². The summed E-state index contributed by atoms with van der Waals surface area (Å²) < 4.78 is 11.1. The Morgan fingerprint density at radius 3 is 2.47 bits per heavy atom. The maximum atomic E-state index is 12.6. The van der Waals surface area contributed by atoms with Crippen LogP contribution in [-0.2, 0) is 14.3 Å². The predicted molar refractivity (Wildman–Crippen MR) is 106 cm³/mol. The average molecular weight is 405 g/mol. The number of ether oxygens (including phenoxy) is 1. The van der Waals surface area contributed by atoms with E-state index in [1.54, 1.807) is 25.1 Å². The molecule has 0 spiro atoms. The van der Waals surface area contributed by atoms with Crippen molar-refractivity contribution in [3.05, 3.63) is 65.5 Å². The van der Waals surface area contributed by atoms with E-state index in [0.717, 1.165) is 16.0 Å². The molecule has 0 aliphatic carbocycles. The molecular weight excluding hydrogens is 386 g/mol. The fourth-order valence-electron chi connectivity index (χ4n) is 3.13. The van der Waals surface area contributed by atoms with Crippen LogP contribution in [-0.4, -0.2) is 28.0 Å². The summed E-state index contributed by atoms with van der Waals surface area (Å²) in [4.78, 5) is 37.5. The monoisotopic (exact) mass is 405 g/mol. The molecule has 1 fully saturated rings. The van der Waals surface area contributed by atoms with Crippen LogP contribution in [0.2, 0.25) is 0 Å². The number of anilines is 1. The Morgan fingerprint density at radius 1 is 1.07 bits per heavy atom. The van der Waals surface area contributed by atoms with Crippen LogP contribution in [0.1, 0.15) is 47.7 Å². The summed E-state index contributed by atoms with van der Waals surface area (Å²) in [6.45, 7) is 3.61. The molecule has 30 heavy (non-hydrogen) atoms. The van der Waals surface area contributed by atoms with Crippen molar-refractivity contribution in [2.24, 2.45) is 0 Å². The molecule has 1 atom stereocenters. The summed E-state index contributed by atoms with van der Waals surface area (Å²) in [6.07, 6.45) is -0.432. The molecule has 0 N–H and O–H groups in total. The van der Waals surface area contributed by atoms with Crippen LogP contribution in [0.15, 0.2) is 52.9 Å².